The lowest BCUT2D eigenvalue weighted by molar-refractivity contribution is -0.131. The van der Waals surface area contributed by atoms with E-state index in [1.165, 1.54) is 18.0 Å². The second-order valence-corrected chi connectivity index (χ2v) is 6.81. The monoisotopic (exact) mass is 395 g/mol. The van der Waals surface area contributed by atoms with Crippen LogP contribution >= 0.6 is 0 Å². The number of hydrogen-bond acceptors (Lipinski definition) is 7. The van der Waals surface area contributed by atoms with Crippen LogP contribution < -0.4 is 26.4 Å². The lowest BCUT2D eigenvalue weighted by Crippen LogP contribution is -2.44. The van der Waals surface area contributed by atoms with Gasteiger partial charge >= 0.3 is 5.97 Å². The third-order valence-corrected chi connectivity index (χ3v) is 4.84. The summed E-state index contributed by atoms with van der Waals surface area (Å²) in [6, 6.07) is -0.171. The molecule has 0 amide bonds. The van der Waals surface area contributed by atoms with Crippen molar-refractivity contribution in [1.29, 1.82) is 0 Å². The molecule has 1 aliphatic carbocycles. The highest BCUT2D eigenvalue weighted by molar-refractivity contribution is 6.07. The molecule has 1 saturated carbocycles. The molecule has 2 fully saturated rings. The highest BCUT2D eigenvalue weighted by Gasteiger charge is 2.37. The van der Waals surface area contributed by atoms with Crippen LogP contribution in [-0.2, 0) is 4.79 Å². The molecule has 5 N–H and O–H groups in total. The summed E-state index contributed by atoms with van der Waals surface area (Å²) < 4.78 is 30.9. The molecule has 1 saturated heterocycles. The molecule has 1 heterocycles. The standard InChI is InChI=1S/C18H23F2N5O3/c1-10(26)13-16(23-21)14(19)18(24-8-5-22-6-9-24)15(20)17(13)25(11-2-3-11)7-4-12(27)28/h4,7,11,22-23H,2-3,5-6,8-9,21H2,1H3,(H,27,28)/b7-4+. The number of carbonyl (C=O) groups excluding carboxylic acids is 1. The van der Waals surface area contributed by atoms with E-state index in [1.807, 2.05) is 0 Å². The van der Waals surface area contributed by atoms with Crippen molar-refractivity contribution in [2.24, 2.45) is 5.84 Å². The van der Waals surface area contributed by atoms with Gasteiger partial charge in [-0.3, -0.25) is 10.6 Å². The molecule has 152 valence electrons. The summed E-state index contributed by atoms with van der Waals surface area (Å²) in [5.41, 5.74) is 1.23. The Morgan fingerprint density at radius 3 is 2.43 bits per heavy atom. The van der Waals surface area contributed by atoms with Gasteiger partial charge in [-0.1, -0.05) is 0 Å². The Kier molecular flexibility index (Phi) is 5.80. The minimum Gasteiger partial charge on any atom is -0.478 e. The van der Waals surface area contributed by atoms with E-state index < -0.39 is 23.4 Å². The summed E-state index contributed by atoms with van der Waals surface area (Å²) in [5.74, 6) is 1.87. The number of nitrogen functional groups attached to an aromatic ring is 1. The zero-order chi connectivity index (χ0) is 20.4. The van der Waals surface area contributed by atoms with Gasteiger partial charge in [0.15, 0.2) is 17.4 Å². The normalized spacial score (nSPS) is 17.1. The number of ketones is 1. The number of piperazine rings is 1. The first-order valence-electron chi connectivity index (χ1n) is 9.04. The molecule has 0 radical (unpaired) electrons. The Morgan fingerprint density at radius 2 is 1.93 bits per heavy atom. The van der Waals surface area contributed by atoms with Gasteiger partial charge in [-0.25, -0.2) is 13.6 Å². The van der Waals surface area contributed by atoms with Gasteiger partial charge in [0.2, 0.25) is 0 Å². The third-order valence-electron chi connectivity index (χ3n) is 4.84. The number of carboxylic acid groups (broad SMARTS) is 1. The maximum absolute atomic E-state index is 15.7. The first kappa shape index (κ1) is 20.0. The SMILES string of the molecule is CC(=O)c1c(NN)c(F)c(N2CCNCC2)c(F)c1N(/C=C/C(=O)O)C1CC1. The fourth-order valence-electron chi connectivity index (χ4n) is 3.43. The first-order valence-corrected chi connectivity index (χ1v) is 9.04. The van der Waals surface area contributed by atoms with Gasteiger partial charge in [0, 0.05) is 44.5 Å². The molecule has 1 aliphatic heterocycles. The van der Waals surface area contributed by atoms with Crippen molar-refractivity contribution in [3.8, 4) is 0 Å². The average molecular weight is 395 g/mol. The molecule has 0 atom stereocenters. The van der Waals surface area contributed by atoms with E-state index in [0.717, 1.165) is 6.08 Å². The number of Topliss-reactive ketones (excluding diaryl/α,β-unsaturated/α-hetero) is 1. The van der Waals surface area contributed by atoms with E-state index in [0.29, 0.717) is 39.0 Å². The largest absolute Gasteiger partial charge is 0.478 e. The van der Waals surface area contributed by atoms with Crippen molar-refractivity contribution in [3.05, 3.63) is 29.5 Å². The highest BCUT2D eigenvalue weighted by atomic mass is 19.1. The number of aliphatic carboxylic acids is 1. The predicted octanol–water partition coefficient (Wildman–Crippen LogP) is 1.43. The second-order valence-electron chi connectivity index (χ2n) is 6.81. The van der Waals surface area contributed by atoms with E-state index >= 15 is 8.78 Å². The molecule has 0 unspecified atom stereocenters. The molecule has 2 aliphatic rings. The molecule has 10 heteroatoms. The van der Waals surface area contributed by atoms with Crippen LogP contribution in [0.1, 0.15) is 30.1 Å². The number of nitrogens with one attached hydrogen (secondary N) is 2. The number of halogens is 2. The Balaban J connectivity index is 2.25. The smallest absolute Gasteiger partial charge is 0.329 e. The molecule has 28 heavy (non-hydrogen) atoms. The topological polar surface area (TPSA) is 111 Å². The second kappa shape index (κ2) is 8.11. The molecule has 1 aromatic rings. The average Bonchev–Trinajstić information content (AvgIpc) is 3.48. The zero-order valence-corrected chi connectivity index (χ0v) is 15.5. The van der Waals surface area contributed by atoms with Crippen molar-refractivity contribution >= 4 is 28.8 Å². The van der Waals surface area contributed by atoms with Crippen LogP contribution in [0.25, 0.3) is 0 Å². The third kappa shape index (κ3) is 3.78. The maximum Gasteiger partial charge on any atom is 0.329 e. The van der Waals surface area contributed by atoms with E-state index in [1.54, 1.807) is 4.90 Å². The molecule has 1 aromatic carbocycles. The van der Waals surface area contributed by atoms with Gasteiger partial charge in [0.25, 0.3) is 0 Å². The number of anilines is 3. The summed E-state index contributed by atoms with van der Waals surface area (Å²) in [6.07, 6.45) is 3.48. The van der Waals surface area contributed by atoms with Crippen LogP contribution in [-0.4, -0.2) is 49.1 Å². The Morgan fingerprint density at radius 1 is 1.29 bits per heavy atom. The number of hydrazine groups is 1. The number of nitrogens with two attached hydrogens (primary N) is 1. The number of carboxylic acids is 1. The molecule has 3 rings (SSSR count). The van der Waals surface area contributed by atoms with E-state index in [9.17, 15) is 9.59 Å². The van der Waals surface area contributed by atoms with Gasteiger partial charge in [-0.05, 0) is 19.8 Å². The van der Waals surface area contributed by atoms with Gasteiger partial charge in [0.1, 0.15) is 5.69 Å². The van der Waals surface area contributed by atoms with Gasteiger partial charge < -0.3 is 25.6 Å². The van der Waals surface area contributed by atoms with E-state index in [-0.39, 0.29) is 28.7 Å². The van der Waals surface area contributed by atoms with Crippen LogP contribution in [0.4, 0.5) is 25.8 Å². The molecule has 8 nitrogen and oxygen atoms in total. The van der Waals surface area contributed by atoms with Gasteiger partial charge in [-0.15, -0.1) is 0 Å². The van der Waals surface area contributed by atoms with Crippen LogP contribution in [0, 0.1) is 11.6 Å². The summed E-state index contributed by atoms with van der Waals surface area (Å²) >= 11 is 0. The van der Waals surface area contributed by atoms with Crippen LogP contribution in [0.2, 0.25) is 0 Å². The van der Waals surface area contributed by atoms with Crippen molar-refractivity contribution in [1.82, 2.24) is 5.32 Å². The van der Waals surface area contributed by atoms with Crippen molar-refractivity contribution in [3.63, 3.8) is 0 Å². The van der Waals surface area contributed by atoms with Gasteiger partial charge in [0.05, 0.1) is 16.9 Å². The van der Waals surface area contributed by atoms with Crippen molar-refractivity contribution in [2.75, 3.05) is 41.4 Å². The molecule has 0 bridgehead atoms. The van der Waals surface area contributed by atoms with E-state index in [2.05, 4.69) is 10.7 Å². The van der Waals surface area contributed by atoms with Crippen molar-refractivity contribution in [2.45, 2.75) is 25.8 Å². The number of hydrogen-bond donors (Lipinski definition) is 4. The summed E-state index contributed by atoms with van der Waals surface area (Å²) in [4.78, 5) is 26.2. The Hall–Kier alpha value is -2.72. The summed E-state index contributed by atoms with van der Waals surface area (Å²) in [5, 5.41) is 12.1. The predicted molar refractivity (Wildman–Crippen MR) is 102 cm³/mol. The van der Waals surface area contributed by atoms with Crippen LogP contribution in [0.3, 0.4) is 0 Å². The lowest BCUT2D eigenvalue weighted by Gasteiger charge is -2.33. The zero-order valence-electron chi connectivity index (χ0n) is 15.5. The van der Waals surface area contributed by atoms with Gasteiger partial charge in [-0.2, -0.15) is 0 Å². The number of rotatable bonds is 7. The number of carbonyl (C=O) groups is 2. The fourth-order valence-corrected chi connectivity index (χ4v) is 3.43. The summed E-state index contributed by atoms with van der Waals surface area (Å²) in [6.45, 7) is 3.06. The number of nitrogens with zero attached hydrogens (tertiary/aromatic N) is 2. The molecule has 0 aromatic heterocycles. The summed E-state index contributed by atoms with van der Waals surface area (Å²) in [7, 11) is 0. The van der Waals surface area contributed by atoms with Crippen molar-refractivity contribution < 1.29 is 23.5 Å². The minimum atomic E-state index is -1.21. The molecular weight excluding hydrogens is 372 g/mol. The Bertz CT molecular complexity index is 820. The fraction of sp³-hybridized carbons (Fsp3) is 0.444. The van der Waals surface area contributed by atoms with Crippen LogP contribution in [0.15, 0.2) is 12.3 Å². The number of benzene rings is 1. The lowest BCUT2D eigenvalue weighted by atomic mass is 10.0. The molecular formula is C18H23F2N5O3. The quantitative estimate of drug-likeness (QED) is 0.238. The van der Waals surface area contributed by atoms with E-state index in [4.69, 9.17) is 10.9 Å². The Labute approximate surface area is 160 Å². The highest BCUT2D eigenvalue weighted by Crippen LogP contribution is 2.44. The van der Waals surface area contributed by atoms with Crippen LogP contribution in [0.5, 0.6) is 0 Å². The molecule has 0 spiro atoms. The minimum absolute atomic E-state index is 0.157. The first-order chi connectivity index (χ1) is 13.4. The maximum atomic E-state index is 15.7.